The van der Waals surface area contributed by atoms with Gasteiger partial charge >= 0.3 is 57.1 Å². The summed E-state index contributed by atoms with van der Waals surface area (Å²) < 4.78 is 40.4. The van der Waals surface area contributed by atoms with Crippen LogP contribution in [0.1, 0.15) is 1.43 Å². The van der Waals surface area contributed by atoms with Gasteiger partial charge in [-0.2, -0.15) is 8.78 Å². The van der Waals surface area contributed by atoms with Gasteiger partial charge in [-0.25, -0.2) is 13.6 Å². The zero-order chi connectivity index (χ0) is 6.08. The van der Waals surface area contributed by atoms with Crippen molar-refractivity contribution in [3.63, 3.8) is 0 Å². The minimum absolute atomic E-state index is 0. The Morgan fingerprint density at radius 3 is 1.62 bits per heavy atom. The van der Waals surface area contributed by atoms with Crippen molar-refractivity contribution in [2.24, 2.45) is 5.14 Å². The van der Waals surface area contributed by atoms with Crippen LogP contribution in [0.25, 0.3) is 0 Å². The van der Waals surface area contributed by atoms with Crippen molar-refractivity contribution in [1.82, 2.24) is 0 Å². The third kappa shape index (κ3) is 5.54. The molecule has 2 N–H and O–H groups in total. The minimum atomic E-state index is -4.57. The third-order valence-corrected chi connectivity index (χ3v) is 0.745. The second kappa shape index (κ2) is 4.26. The van der Waals surface area contributed by atoms with Crippen molar-refractivity contribution in [3.8, 4) is 0 Å². The van der Waals surface area contributed by atoms with Crippen LogP contribution < -0.4 is 56.5 Å². The monoisotopic (exact) mass is 171 g/mol. The van der Waals surface area contributed by atoms with E-state index in [0.29, 0.717) is 0 Å². The quantitative estimate of drug-likeness (QED) is 0.418. The summed E-state index contributed by atoms with van der Waals surface area (Å²) in [5.41, 5.74) is 0. The number of hydrogen-bond acceptors (Lipinski definition) is 2. The molecule has 0 bridgehead atoms. The van der Waals surface area contributed by atoms with Crippen molar-refractivity contribution in [2.45, 2.75) is 5.76 Å². The van der Waals surface area contributed by atoms with E-state index in [9.17, 15) is 17.2 Å². The van der Waals surface area contributed by atoms with E-state index in [1.54, 1.807) is 0 Å². The first kappa shape index (κ1) is 12.1. The summed E-state index contributed by atoms with van der Waals surface area (Å²) in [5.74, 6) is -3.45. The Kier molecular flexibility index (Phi) is 6.45. The maximum atomic E-state index is 10.8. The normalized spacial score (nSPS) is 11.0. The molecule has 0 atom stereocenters. The van der Waals surface area contributed by atoms with Crippen molar-refractivity contribution in [2.75, 3.05) is 0 Å². The predicted octanol–water partition coefficient (Wildman–Crippen LogP) is -3.39. The van der Waals surface area contributed by atoms with Gasteiger partial charge in [-0.05, 0) is 0 Å². The first-order valence-corrected chi connectivity index (χ1v) is 2.85. The van der Waals surface area contributed by atoms with Crippen molar-refractivity contribution in [3.05, 3.63) is 0 Å². The minimum Gasteiger partial charge on any atom is -1.00 e. The van der Waals surface area contributed by atoms with E-state index in [4.69, 9.17) is 0 Å². The van der Waals surface area contributed by atoms with Crippen LogP contribution >= 0.6 is 0 Å². The van der Waals surface area contributed by atoms with E-state index >= 15 is 0 Å². The van der Waals surface area contributed by atoms with E-state index in [1.165, 1.54) is 0 Å². The molecule has 0 spiro atoms. The van der Waals surface area contributed by atoms with E-state index in [-0.39, 0.29) is 52.8 Å². The van der Waals surface area contributed by atoms with Gasteiger partial charge in [-0.15, -0.1) is 0 Å². The molecule has 0 fully saturated rings. The van der Waals surface area contributed by atoms with Gasteiger partial charge in [0.25, 0.3) is 10.0 Å². The summed E-state index contributed by atoms with van der Waals surface area (Å²) in [6.45, 7) is 0. The average Bonchev–Trinajstić information content (AvgIpc) is 1.31. The molecule has 7 heteroatoms. The van der Waals surface area contributed by atoms with Gasteiger partial charge in [0.15, 0.2) is 0 Å². The topological polar surface area (TPSA) is 60.2 Å². The van der Waals surface area contributed by atoms with Crippen LogP contribution in [0.4, 0.5) is 8.78 Å². The SMILES string of the molecule is NS(=O)(=O)C(F)F.[H-].[K+]. The van der Waals surface area contributed by atoms with Crippen LogP contribution in [0.2, 0.25) is 0 Å². The summed E-state index contributed by atoms with van der Waals surface area (Å²) in [4.78, 5) is 0. The average molecular weight is 171 g/mol. The molecule has 0 aliphatic carbocycles. The Morgan fingerprint density at radius 1 is 1.50 bits per heavy atom. The molecule has 0 aromatic rings. The molecule has 0 aliphatic heterocycles. The number of rotatable bonds is 1. The standard InChI is InChI=1S/CH3F2NO2S.K.H/c2-1(3)7(4,5)6;;/h1H,(H2,4,5,6);;/q;+1;-1. The summed E-state index contributed by atoms with van der Waals surface area (Å²) in [5, 5.41) is 3.90. The van der Waals surface area contributed by atoms with Crippen LogP contribution in [0.15, 0.2) is 0 Å². The van der Waals surface area contributed by atoms with Crippen LogP contribution in [0.3, 0.4) is 0 Å². The fourth-order valence-corrected chi connectivity index (χ4v) is 0. The second-order valence-corrected chi connectivity index (χ2v) is 2.38. The van der Waals surface area contributed by atoms with Crippen molar-refractivity contribution < 1.29 is 70.0 Å². The number of primary sulfonamides is 1. The summed E-state index contributed by atoms with van der Waals surface area (Å²) in [7, 11) is -4.57. The molecule has 0 aliphatic rings. The van der Waals surface area contributed by atoms with Gasteiger partial charge < -0.3 is 1.43 Å². The second-order valence-electron chi connectivity index (χ2n) is 0.850. The molecule has 0 saturated carbocycles. The molecular formula is CH4F2KNO2S. The van der Waals surface area contributed by atoms with Gasteiger partial charge in [0, 0.05) is 0 Å². The number of sulfonamides is 1. The molecule has 46 valence electrons. The number of hydrogen-bond donors (Lipinski definition) is 1. The van der Waals surface area contributed by atoms with E-state index in [0.717, 1.165) is 0 Å². The Morgan fingerprint density at radius 2 is 1.62 bits per heavy atom. The van der Waals surface area contributed by atoms with Crippen LogP contribution in [0.5, 0.6) is 0 Å². The number of alkyl halides is 2. The van der Waals surface area contributed by atoms with Crippen LogP contribution in [-0.2, 0) is 10.0 Å². The zero-order valence-electron chi connectivity index (χ0n) is 5.14. The molecule has 3 nitrogen and oxygen atoms in total. The largest absolute Gasteiger partial charge is 1.00 e. The number of nitrogens with two attached hydrogens (primary N) is 1. The molecule has 0 saturated heterocycles. The molecular weight excluding hydrogens is 167 g/mol. The maximum Gasteiger partial charge on any atom is 1.00 e. The van der Waals surface area contributed by atoms with Crippen LogP contribution in [0, 0.1) is 0 Å². The smallest absolute Gasteiger partial charge is 1.00 e. The fraction of sp³-hybridized carbons (Fsp3) is 1.00. The molecule has 8 heavy (non-hydrogen) atoms. The summed E-state index contributed by atoms with van der Waals surface area (Å²) in [6, 6.07) is 0. The van der Waals surface area contributed by atoms with Gasteiger partial charge in [-0.3, -0.25) is 0 Å². The third-order valence-electron chi connectivity index (χ3n) is 0.248. The molecule has 0 aromatic carbocycles. The van der Waals surface area contributed by atoms with Crippen LogP contribution in [-0.4, -0.2) is 14.2 Å². The summed E-state index contributed by atoms with van der Waals surface area (Å²) >= 11 is 0. The van der Waals surface area contributed by atoms with Gasteiger partial charge in [-0.1, -0.05) is 0 Å². The zero-order valence-corrected chi connectivity index (χ0v) is 8.07. The van der Waals surface area contributed by atoms with Gasteiger partial charge in [0.1, 0.15) is 0 Å². The van der Waals surface area contributed by atoms with E-state index < -0.39 is 15.8 Å². The Hall–Kier alpha value is 1.41. The Balaban J connectivity index is -0.000000180. The fourth-order valence-electron chi connectivity index (χ4n) is 0. The van der Waals surface area contributed by atoms with E-state index in [2.05, 4.69) is 5.14 Å². The molecule has 0 unspecified atom stereocenters. The first-order valence-electron chi connectivity index (χ1n) is 1.24. The Labute approximate surface area is 89.6 Å². The molecule has 0 rings (SSSR count). The van der Waals surface area contributed by atoms with E-state index in [1.807, 2.05) is 0 Å². The van der Waals surface area contributed by atoms with Gasteiger partial charge in [0.05, 0.1) is 0 Å². The molecule has 0 amide bonds. The van der Waals surface area contributed by atoms with Crippen molar-refractivity contribution in [1.29, 1.82) is 0 Å². The summed E-state index contributed by atoms with van der Waals surface area (Å²) in [6.07, 6.45) is 0. The predicted molar refractivity (Wildman–Crippen MR) is 20.2 cm³/mol. The Bertz CT molecular complexity index is 147. The molecule has 0 aromatic heterocycles. The maximum absolute atomic E-state index is 10.8. The van der Waals surface area contributed by atoms with Crippen molar-refractivity contribution >= 4 is 10.0 Å². The first-order chi connectivity index (χ1) is 2.94. The molecule has 0 radical (unpaired) electrons. The van der Waals surface area contributed by atoms with Gasteiger partial charge in [0.2, 0.25) is 0 Å². The number of halogens is 2. The molecule has 0 heterocycles.